The maximum absolute atomic E-state index is 11.9. The molecule has 2 aromatic carbocycles. The number of rotatable bonds is 8. The number of carbonyl (C=O) groups is 1. The van der Waals surface area contributed by atoms with E-state index >= 15 is 0 Å². The molecule has 10 nitrogen and oxygen atoms in total. The molecule has 0 unspecified atom stereocenters. The summed E-state index contributed by atoms with van der Waals surface area (Å²) in [6, 6.07) is 14.1. The molecule has 0 saturated carbocycles. The zero-order valence-electron chi connectivity index (χ0n) is 17.6. The predicted octanol–water partition coefficient (Wildman–Crippen LogP) is 3.16. The first kappa shape index (κ1) is 22.2. The van der Waals surface area contributed by atoms with Crippen LogP contribution in [-0.4, -0.2) is 50.0 Å². The van der Waals surface area contributed by atoms with Crippen molar-refractivity contribution in [3.63, 3.8) is 0 Å². The Labute approximate surface area is 194 Å². The lowest BCUT2D eigenvalue weighted by molar-refractivity contribution is 0.0963. The van der Waals surface area contributed by atoms with Gasteiger partial charge in [-0.2, -0.15) is 4.98 Å². The summed E-state index contributed by atoms with van der Waals surface area (Å²) in [5.41, 5.74) is 3.12. The van der Waals surface area contributed by atoms with Gasteiger partial charge in [0.05, 0.1) is 40.7 Å². The number of aliphatic hydroxyl groups excluding tert-OH is 1. The number of aromatic amines is 1. The first-order valence-electron chi connectivity index (χ1n) is 10.0. The summed E-state index contributed by atoms with van der Waals surface area (Å²) < 4.78 is 0. The maximum Gasteiger partial charge on any atom is 0.252 e. The van der Waals surface area contributed by atoms with Crippen molar-refractivity contribution in [3.05, 3.63) is 77.1 Å². The van der Waals surface area contributed by atoms with Gasteiger partial charge in [-0.15, -0.1) is 5.10 Å². The van der Waals surface area contributed by atoms with Gasteiger partial charge in [-0.1, -0.05) is 47.1 Å². The molecule has 0 fully saturated rings. The van der Waals surface area contributed by atoms with E-state index in [1.54, 1.807) is 37.6 Å². The number of aliphatic hydroxyl groups is 1. The SMILES string of the molecule is CNC(=O)c1ccc(Nc2ncc(-c3cnn[nH]3)c(N[C@H](CO)c3ccccc3)n2)cc1Cl. The molecule has 0 aliphatic rings. The molecule has 0 aliphatic heterocycles. The van der Waals surface area contributed by atoms with E-state index < -0.39 is 6.04 Å². The average molecular weight is 465 g/mol. The number of aromatic nitrogens is 5. The zero-order valence-corrected chi connectivity index (χ0v) is 18.3. The highest BCUT2D eigenvalue weighted by molar-refractivity contribution is 6.34. The summed E-state index contributed by atoms with van der Waals surface area (Å²) in [7, 11) is 1.54. The van der Waals surface area contributed by atoms with E-state index in [0.29, 0.717) is 39.3 Å². The van der Waals surface area contributed by atoms with Crippen LogP contribution < -0.4 is 16.0 Å². The molecule has 4 aromatic rings. The molecule has 1 atom stereocenters. The highest BCUT2D eigenvalue weighted by Crippen LogP contribution is 2.29. The minimum absolute atomic E-state index is 0.145. The van der Waals surface area contributed by atoms with Crippen molar-refractivity contribution < 1.29 is 9.90 Å². The molecule has 0 saturated heterocycles. The van der Waals surface area contributed by atoms with E-state index in [1.807, 2.05) is 30.3 Å². The van der Waals surface area contributed by atoms with Crippen LogP contribution in [0.4, 0.5) is 17.5 Å². The van der Waals surface area contributed by atoms with Crippen molar-refractivity contribution in [2.45, 2.75) is 6.04 Å². The van der Waals surface area contributed by atoms with Gasteiger partial charge in [0.25, 0.3) is 5.91 Å². The van der Waals surface area contributed by atoms with Crippen LogP contribution in [0.5, 0.6) is 0 Å². The quantitative estimate of drug-likeness (QED) is 0.268. The second kappa shape index (κ2) is 10.1. The first-order chi connectivity index (χ1) is 16.1. The second-order valence-corrected chi connectivity index (χ2v) is 7.42. The summed E-state index contributed by atoms with van der Waals surface area (Å²) >= 11 is 6.25. The average Bonchev–Trinajstić information content (AvgIpc) is 3.37. The molecule has 4 rings (SSSR count). The fourth-order valence-electron chi connectivity index (χ4n) is 3.20. The number of nitrogens with zero attached hydrogens (tertiary/aromatic N) is 4. The Hall–Kier alpha value is -4.02. The van der Waals surface area contributed by atoms with Crippen LogP contribution in [0.3, 0.4) is 0 Å². The Bertz CT molecular complexity index is 1230. The molecule has 33 heavy (non-hydrogen) atoms. The van der Waals surface area contributed by atoms with E-state index in [0.717, 1.165) is 5.56 Å². The van der Waals surface area contributed by atoms with Gasteiger partial charge in [-0.25, -0.2) is 4.98 Å². The van der Waals surface area contributed by atoms with Crippen LogP contribution in [0.15, 0.2) is 60.9 Å². The lowest BCUT2D eigenvalue weighted by Gasteiger charge is -2.19. The normalized spacial score (nSPS) is 11.6. The van der Waals surface area contributed by atoms with E-state index in [-0.39, 0.29) is 12.5 Å². The summed E-state index contributed by atoms with van der Waals surface area (Å²) in [5, 5.41) is 29.6. The monoisotopic (exact) mass is 464 g/mol. The number of hydrogen-bond donors (Lipinski definition) is 5. The lowest BCUT2D eigenvalue weighted by Crippen LogP contribution is -2.18. The third-order valence-electron chi connectivity index (χ3n) is 4.89. The second-order valence-electron chi connectivity index (χ2n) is 7.01. The van der Waals surface area contributed by atoms with Crippen LogP contribution >= 0.6 is 11.6 Å². The van der Waals surface area contributed by atoms with Gasteiger partial charge in [-0.05, 0) is 23.8 Å². The molecular weight excluding hydrogens is 444 g/mol. The molecule has 0 spiro atoms. The fourth-order valence-corrected chi connectivity index (χ4v) is 3.47. The number of benzene rings is 2. The summed E-state index contributed by atoms with van der Waals surface area (Å²) in [4.78, 5) is 20.8. The number of H-pyrrole nitrogens is 1. The van der Waals surface area contributed by atoms with Crippen molar-refractivity contribution in [2.24, 2.45) is 0 Å². The highest BCUT2D eigenvalue weighted by Gasteiger charge is 2.17. The van der Waals surface area contributed by atoms with Crippen LogP contribution in [-0.2, 0) is 0 Å². The Morgan fingerprint density at radius 2 is 2.00 bits per heavy atom. The Morgan fingerprint density at radius 3 is 2.67 bits per heavy atom. The van der Waals surface area contributed by atoms with Crippen molar-refractivity contribution in [1.29, 1.82) is 0 Å². The van der Waals surface area contributed by atoms with E-state index in [1.165, 1.54) is 0 Å². The molecule has 1 amide bonds. The third-order valence-corrected chi connectivity index (χ3v) is 5.20. The highest BCUT2D eigenvalue weighted by atomic mass is 35.5. The summed E-state index contributed by atoms with van der Waals surface area (Å²) in [6.07, 6.45) is 3.18. The molecule has 2 heterocycles. The van der Waals surface area contributed by atoms with Gasteiger partial charge in [-0.3, -0.25) is 9.89 Å². The smallest absolute Gasteiger partial charge is 0.252 e. The molecule has 2 aromatic heterocycles. The number of nitrogens with one attached hydrogen (secondary N) is 4. The van der Waals surface area contributed by atoms with Gasteiger partial charge < -0.3 is 21.1 Å². The number of hydrogen-bond acceptors (Lipinski definition) is 8. The zero-order chi connectivity index (χ0) is 23.2. The largest absolute Gasteiger partial charge is 0.394 e. The van der Waals surface area contributed by atoms with Gasteiger partial charge in [0.1, 0.15) is 5.82 Å². The fraction of sp³-hybridized carbons (Fsp3) is 0.136. The third kappa shape index (κ3) is 5.08. The summed E-state index contributed by atoms with van der Waals surface area (Å²) in [5.74, 6) is 0.486. The Balaban J connectivity index is 1.65. The van der Waals surface area contributed by atoms with Crippen LogP contribution in [0, 0.1) is 0 Å². The molecule has 5 N–H and O–H groups in total. The van der Waals surface area contributed by atoms with Crippen molar-refractivity contribution in [2.75, 3.05) is 24.3 Å². The molecule has 0 radical (unpaired) electrons. The molecule has 11 heteroatoms. The number of carbonyl (C=O) groups excluding carboxylic acids is 1. The topological polar surface area (TPSA) is 141 Å². The molecule has 0 aliphatic carbocycles. The molecule has 0 bridgehead atoms. The van der Waals surface area contributed by atoms with E-state index in [2.05, 4.69) is 41.3 Å². The molecular formula is C22H21ClN8O2. The molecule has 168 valence electrons. The van der Waals surface area contributed by atoms with Gasteiger partial charge in [0.2, 0.25) is 5.95 Å². The number of amides is 1. The lowest BCUT2D eigenvalue weighted by atomic mass is 10.1. The van der Waals surface area contributed by atoms with Gasteiger partial charge in [0, 0.05) is 18.9 Å². The summed E-state index contributed by atoms with van der Waals surface area (Å²) in [6.45, 7) is -0.145. The first-order valence-corrected chi connectivity index (χ1v) is 10.4. The number of halogens is 1. The van der Waals surface area contributed by atoms with Gasteiger partial charge >= 0.3 is 0 Å². The van der Waals surface area contributed by atoms with Crippen LogP contribution in [0.2, 0.25) is 5.02 Å². The Kier molecular flexibility index (Phi) is 6.77. The van der Waals surface area contributed by atoms with Crippen molar-refractivity contribution in [1.82, 2.24) is 30.7 Å². The van der Waals surface area contributed by atoms with E-state index in [4.69, 9.17) is 11.6 Å². The minimum Gasteiger partial charge on any atom is -0.394 e. The van der Waals surface area contributed by atoms with Gasteiger partial charge in [0.15, 0.2) is 0 Å². The van der Waals surface area contributed by atoms with E-state index in [9.17, 15) is 9.90 Å². The van der Waals surface area contributed by atoms with Crippen molar-refractivity contribution in [3.8, 4) is 11.3 Å². The van der Waals surface area contributed by atoms with Crippen LogP contribution in [0.1, 0.15) is 22.0 Å². The Morgan fingerprint density at radius 1 is 1.18 bits per heavy atom. The van der Waals surface area contributed by atoms with Crippen molar-refractivity contribution >= 4 is 35.0 Å². The van der Waals surface area contributed by atoms with Crippen LogP contribution in [0.25, 0.3) is 11.3 Å². The minimum atomic E-state index is -0.398. The maximum atomic E-state index is 11.9. The standard InChI is InChI=1S/C22H21ClN8O2/c1-24-21(33)15-8-7-14(9-17(15)23)27-22-25-10-16(18-11-26-31-30-18)20(29-22)28-19(12-32)13-5-3-2-4-6-13/h2-11,19,32H,12H2,1H3,(H,24,33)(H,26,30,31)(H2,25,27,28,29)/t19-/m1/s1. The predicted molar refractivity (Wildman–Crippen MR) is 125 cm³/mol. The number of anilines is 3.